The van der Waals surface area contributed by atoms with Gasteiger partial charge in [0.25, 0.3) is 0 Å². The minimum Gasteiger partial charge on any atom is -0.493 e. The van der Waals surface area contributed by atoms with Crippen LogP contribution in [0.15, 0.2) is 42.6 Å². The second-order valence-electron chi connectivity index (χ2n) is 4.40. The lowest BCUT2D eigenvalue weighted by molar-refractivity contribution is -0.116. The van der Waals surface area contributed by atoms with Gasteiger partial charge in [0.2, 0.25) is 5.91 Å². The summed E-state index contributed by atoms with van der Waals surface area (Å²) in [4.78, 5) is 15.8. The number of amides is 1. The SMILES string of the molecule is Cc1ccc(NC(=O)CCOc2ccc(N)cc2)cn1. The van der Waals surface area contributed by atoms with Crippen LogP contribution in [0.2, 0.25) is 0 Å². The number of nitrogens with zero attached hydrogens (tertiary/aromatic N) is 1. The summed E-state index contributed by atoms with van der Waals surface area (Å²) in [6, 6.07) is 10.7. The van der Waals surface area contributed by atoms with Gasteiger partial charge in [-0.2, -0.15) is 0 Å². The van der Waals surface area contributed by atoms with Crippen molar-refractivity contribution in [3.05, 3.63) is 48.3 Å². The highest BCUT2D eigenvalue weighted by molar-refractivity contribution is 5.90. The molecule has 0 aliphatic heterocycles. The van der Waals surface area contributed by atoms with Crippen molar-refractivity contribution in [3.63, 3.8) is 0 Å². The number of aromatic nitrogens is 1. The Labute approximate surface area is 117 Å². The van der Waals surface area contributed by atoms with Gasteiger partial charge in [-0.3, -0.25) is 9.78 Å². The fourth-order valence-electron chi connectivity index (χ4n) is 1.59. The first-order valence-corrected chi connectivity index (χ1v) is 6.34. The summed E-state index contributed by atoms with van der Waals surface area (Å²) in [5, 5.41) is 2.76. The Morgan fingerprint density at radius 3 is 2.65 bits per heavy atom. The van der Waals surface area contributed by atoms with Gasteiger partial charge in [0, 0.05) is 11.4 Å². The average molecular weight is 271 g/mol. The van der Waals surface area contributed by atoms with Crippen LogP contribution < -0.4 is 15.8 Å². The first kappa shape index (κ1) is 13.9. The summed E-state index contributed by atoms with van der Waals surface area (Å²) in [5.41, 5.74) is 7.86. The van der Waals surface area contributed by atoms with E-state index >= 15 is 0 Å². The standard InChI is InChI=1S/C15H17N3O2/c1-11-2-5-13(10-17-11)18-15(19)8-9-20-14-6-3-12(16)4-7-14/h2-7,10H,8-9,16H2,1H3,(H,18,19). The molecule has 5 heteroatoms. The zero-order chi connectivity index (χ0) is 14.4. The molecule has 104 valence electrons. The van der Waals surface area contributed by atoms with Gasteiger partial charge >= 0.3 is 0 Å². The number of carbonyl (C=O) groups excluding carboxylic acids is 1. The molecule has 0 bridgehead atoms. The molecule has 2 rings (SSSR count). The molecule has 0 unspecified atom stereocenters. The monoisotopic (exact) mass is 271 g/mol. The van der Waals surface area contributed by atoms with E-state index in [9.17, 15) is 4.79 Å². The molecule has 5 nitrogen and oxygen atoms in total. The number of anilines is 2. The molecular formula is C15H17N3O2. The van der Waals surface area contributed by atoms with Crippen LogP contribution in [0, 0.1) is 6.92 Å². The summed E-state index contributed by atoms with van der Waals surface area (Å²) in [6.45, 7) is 2.21. The Kier molecular flexibility index (Phi) is 4.55. The van der Waals surface area contributed by atoms with Gasteiger partial charge in [0.15, 0.2) is 0 Å². The molecular weight excluding hydrogens is 254 g/mol. The topological polar surface area (TPSA) is 77.2 Å². The number of benzene rings is 1. The van der Waals surface area contributed by atoms with Crippen LogP contribution >= 0.6 is 0 Å². The Morgan fingerprint density at radius 2 is 2.00 bits per heavy atom. The van der Waals surface area contributed by atoms with Crippen LogP contribution in [-0.4, -0.2) is 17.5 Å². The van der Waals surface area contributed by atoms with Gasteiger partial charge in [-0.05, 0) is 43.3 Å². The maximum Gasteiger partial charge on any atom is 0.227 e. The third kappa shape index (κ3) is 4.28. The summed E-state index contributed by atoms with van der Waals surface area (Å²) in [5.74, 6) is 0.593. The van der Waals surface area contributed by atoms with Gasteiger partial charge in [-0.25, -0.2) is 0 Å². The van der Waals surface area contributed by atoms with E-state index in [0.717, 1.165) is 5.69 Å². The van der Waals surface area contributed by atoms with Crippen LogP contribution in [0.5, 0.6) is 5.75 Å². The molecule has 20 heavy (non-hydrogen) atoms. The molecule has 1 aromatic carbocycles. The van der Waals surface area contributed by atoms with Gasteiger partial charge in [0.1, 0.15) is 5.75 Å². The number of rotatable bonds is 5. The third-order valence-electron chi connectivity index (χ3n) is 2.67. The molecule has 0 atom stereocenters. The molecule has 0 saturated carbocycles. The minimum absolute atomic E-state index is 0.105. The Bertz CT molecular complexity index is 565. The predicted molar refractivity (Wildman–Crippen MR) is 78.6 cm³/mol. The number of carbonyl (C=O) groups is 1. The van der Waals surface area contributed by atoms with Crippen molar-refractivity contribution in [2.24, 2.45) is 0 Å². The van der Waals surface area contributed by atoms with Crippen molar-refractivity contribution >= 4 is 17.3 Å². The Balaban J connectivity index is 1.75. The lowest BCUT2D eigenvalue weighted by Gasteiger charge is -2.07. The largest absolute Gasteiger partial charge is 0.493 e. The van der Waals surface area contributed by atoms with Crippen LogP contribution in [0.1, 0.15) is 12.1 Å². The van der Waals surface area contributed by atoms with Crippen molar-refractivity contribution < 1.29 is 9.53 Å². The molecule has 0 radical (unpaired) electrons. The van der Waals surface area contributed by atoms with Crippen LogP contribution in [0.4, 0.5) is 11.4 Å². The Morgan fingerprint density at radius 1 is 1.25 bits per heavy atom. The van der Waals surface area contributed by atoms with E-state index in [0.29, 0.717) is 23.7 Å². The van der Waals surface area contributed by atoms with E-state index in [-0.39, 0.29) is 12.3 Å². The van der Waals surface area contributed by atoms with Crippen molar-refractivity contribution in [2.75, 3.05) is 17.7 Å². The summed E-state index contributed by atoms with van der Waals surface area (Å²) < 4.78 is 5.46. The van der Waals surface area contributed by atoms with Crippen molar-refractivity contribution in [3.8, 4) is 5.75 Å². The number of ether oxygens (including phenoxy) is 1. The average Bonchev–Trinajstić information content (AvgIpc) is 2.44. The number of hydrogen-bond acceptors (Lipinski definition) is 4. The lowest BCUT2D eigenvalue weighted by atomic mass is 10.3. The molecule has 1 aromatic heterocycles. The maximum absolute atomic E-state index is 11.7. The van der Waals surface area contributed by atoms with Gasteiger partial charge in [-0.15, -0.1) is 0 Å². The second-order valence-corrected chi connectivity index (χ2v) is 4.40. The fourth-order valence-corrected chi connectivity index (χ4v) is 1.59. The highest BCUT2D eigenvalue weighted by atomic mass is 16.5. The highest BCUT2D eigenvalue weighted by Crippen LogP contribution is 2.13. The van der Waals surface area contributed by atoms with E-state index in [4.69, 9.17) is 10.5 Å². The number of hydrogen-bond donors (Lipinski definition) is 2. The van der Waals surface area contributed by atoms with Crippen molar-refractivity contribution in [1.82, 2.24) is 4.98 Å². The normalized spacial score (nSPS) is 10.1. The van der Waals surface area contributed by atoms with E-state index in [1.54, 1.807) is 30.5 Å². The van der Waals surface area contributed by atoms with Gasteiger partial charge < -0.3 is 15.8 Å². The minimum atomic E-state index is -0.105. The van der Waals surface area contributed by atoms with Crippen LogP contribution in [-0.2, 0) is 4.79 Å². The summed E-state index contributed by atoms with van der Waals surface area (Å²) in [6.07, 6.45) is 1.91. The quantitative estimate of drug-likeness (QED) is 0.818. The number of nitrogen functional groups attached to an aromatic ring is 1. The van der Waals surface area contributed by atoms with E-state index in [1.165, 1.54) is 0 Å². The number of aryl methyl sites for hydroxylation is 1. The van der Waals surface area contributed by atoms with E-state index in [2.05, 4.69) is 10.3 Å². The number of pyridine rings is 1. The zero-order valence-corrected chi connectivity index (χ0v) is 11.3. The second kappa shape index (κ2) is 6.56. The Hall–Kier alpha value is -2.56. The first-order valence-electron chi connectivity index (χ1n) is 6.34. The van der Waals surface area contributed by atoms with Crippen LogP contribution in [0.3, 0.4) is 0 Å². The highest BCUT2D eigenvalue weighted by Gasteiger charge is 2.03. The molecule has 0 saturated heterocycles. The summed E-state index contributed by atoms with van der Waals surface area (Å²) >= 11 is 0. The van der Waals surface area contributed by atoms with Crippen molar-refractivity contribution in [2.45, 2.75) is 13.3 Å². The molecule has 3 N–H and O–H groups in total. The van der Waals surface area contributed by atoms with Gasteiger partial charge in [0.05, 0.1) is 24.9 Å². The molecule has 0 spiro atoms. The molecule has 0 aliphatic carbocycles. The van der Waals surface area contributed by atoms with E-state index < -0.39 is 0 Å². The fraction of sp³-hybridized carbons (Fsp3) is 0.200. The molecule has 0 fully saturated rings. The summed E-state index contributed by atoms with van der Waals surface area (Å²) in [7, 11) is 0. The number of nitrogens with one attached hydrogen (secondary N) is 1. The van der Waals surface area contributed by atoms with E-state index in [1.807, 2.05) is 19.1 Å². The predicted octanol–water partition coefficient (Wildman–Crippen LogP) is 2.38. The smallest absolute Gasteiger partial charge is 0.227 e. The molecule has 1 heterocycles. The molecule has 2 aromatic rings. The molecule has 1 amide bonds. The maximum atomic E-state index is 11.7. The zero-order valence-electron chi connectivity index (χ0n) is 11.3. The van der Waals surface area contributed by atoms with Crippen molar-refractivity contribution in [1.29, 1.82) is 0 Å². The molecule has 0 aliphatic rings. The first-order chi connectivity index (χ1) is 9.63. The number of nitrogens with two attached hydrogens (primary N) is 1. The van der Waals surface area contributed by atoms with Gasteiger partial charge in [-0.1, -0.05) is 0 Å². The third-order valence-corrected chi connectivity index (χ3v) is 2.67. The lowest BCUT2D eigenvalue weighted by Crippen LogP contribution is -2.15. The van der Waals surface area contributed by atoms with Crippen LogP contribution in [0.25, 0.3) is 0 Å².